The topological polar surface area (TPSA) is 54.0 Å². The lowest BCUT2D eigenvalue weighted by Gasteiger charge is -2.36. The van der Waals surface area contributed by atoms with E-state index in [-0.39, 0.29) is 11.8 Å². The van der Waals surface area contributed by atoms with Crippen molar-refractivity contribution in [1.82, 2.24) is 10.2 Å². The highest BCUT2D eigenvalue weighted by atomic mass is 19.1. The standard InChI is InChI=1S/C21H26FN3O3/c1-27-19-8-3-16(15-20(19)28-2)9-10-23-21(26)25-13-11-24(12-14-25)18-6-4-17(22)5-7-18/h3-8,15H,9-14H2,1-2H3,(H,23,26). The normalized spacial score (nSPS) is 14.0. The van der Waals surface area contributed by atoms with Crippen molar-refractivity contribution >= 4 is 11.7 Å². The Morgan fingerprint density at radius 2 is 1.68 bits per heavy atom. The van der Waals surface area contributed by atoms with E-state index in [1.165, 1.54) is 12.1 Å². The van der Waals surface area contributed by atoms with Gasteiger partial charge in [-0.2, -0.15) is 0 Å². The van der Waals surface area contributed by atoms with Crippen molar-refractivity contribution in [3.8, 4) is 11.5 Å². The van der Waals surface area contributed by atoms with Crippen molar-refractivity contribution in [1.29, 1.82) is 0 Å². The first kappa shape index (κ1) is 19.8. The zero-order chi connectivity index (χ0) is 19.9. The van der Waals surface area contributed by atoms with Crippen LogP contribution in [0.2, 0.25) is 0 Å². The van der Waals surface area contributed by atoms with Crippen LogP contribution in [0.4, 0.5) is 14.9 Å². The minimum atomic E-state index is -0.240. The Labute approximate surface area is 164 Å². The SMILES string of the molecule is COc1ccc(CCNC(=O)N2CCN(c3ccc(F)cc3)CC2)cc1OC. The Hall–Kier alpha value is -2.96. The van der Waals surface area contributed by atoms with Gasteiger partial charge >= 0.3 is 6.03 Å². The van der Waals surface area contributed by atoms with Crippen LogP contribution in [0.1, 0.15) is 5.56 Å². The van der Waals surface area contributed by atoms with Crippen LogP contribution in [-0.4, -0.2) is 57.9 Å². The van der Waals surface area contributed by atoms with Gasteiger partial charge in [0.25, 0.3) is 0 Å². The second-order valence-corrected chi connectivity index (χ2v) is 6.62. The predicted molar refractivity (Wildman–Crippen MR) is 107 cm³/mol. The Balaban J connectivity index is 1.44. The van der Waals surface area contributed by atoms with Gasteiger partial charge in [-0.3, -0.25) is 0 Å². The summed E-state index contributed by atoms with van der Waals surface area (Å²) in [6.45, 7) is 3.29. The molecule has 0 atom stereocenters. The van der Waals surface area contributed by atoms with Gasteiger partial charge in [0.2, 0.25) is 0 Å². The number of nitrogens with zero attached hydrogens (tertiary/aromatic N) is 2. The summed E-state index contributed by atoms with van der Waals surface area (Å²) in [5, 5.41) is 2.98. The first-order valence-electron chi connectivity index (χ1n) is 9.35. The number of piperazine rings is 1. The Bertz CT molecular complexity index is 790. The number of hydrogen-bond acceptors (Lipinski definition) is 4. The molecule has 0 aromatic heterocycles. The summed E-state index contributed by atoms with van der Waals surface area (Å²) in [5.41, 5.74) is 2.05. The third-order valence-corrected chi connectivity index (χ3v) is 4.90. The first-order chi connectivity index (χ1) is 13.6. The number of nitrogens with one attached hydrogen (secondary N) is 1. The second kappa shape index (κ2) is 9.30. The summed E-state index contributed by atoms with van der Waals surface area (Å²) in [5.74, 6) is 1.13. The number of anilines is 1. The average molecular weight is 387 g/mol. The largest absolute Gasteiger partial charge is 0.493 e. The molecular weight excluding hydrogens is 361 g/mol. The van der Waals surface area contributed by atoms with Crippen LogP contribution in [0, 0.1) is 5.82 Å². The Kier molecular flexibility index (Phi) is 6.57. The van der Waals surface area contributed by atoms with Crippen molar-refractivity contribution in [3.05, 3.63) is 53.8 Å². The molecule has 6 nitrogen and oxygen atoms in total. The maximum Gasteiger partial charge on any atom is 0.317 e. The van der Waals surface area contributed by atoms with E-state index in [0.717, 1.165) is 24.3 Å². The highest BCUT2D eigenvalue weighted by Crippen LogP contribution is 2.27. The number of carbonyl (C=O) groups is 1. The molecule has 1 saturated heterocycles. The van der Waals surface area contributed by atoms with Gasteiger partial charge in [-0.25, -0.2) is 9.18 Å². The molecular formula is C21H26FN3O3. The van der Waals surface area contributed by atoms with Gasteiger partial charge in [0.15, 0.2) is 11.5 Å². The number of ether oxygens (including phenoxy) is 2. The monoisotopic (exact) mass is 387 g/mol. The van der Waals surface area contributed by atoms with Crippen molar-refractivity contribution in [3.63, 3.8) is 0 Å². The molecule has 28 heavy (non-hydrogen) atoms. The number of hydrogen-bond donors (Lipinski definition) is 1. The van der Waals surface area contributed by atoms with E-state index in [1.807, 2.05) is 23.1 Å². The number of carbonyl (C=O) groups excluding carboxylic acids is 1. The molecule has 0 spiro atoms. The van der Waals surface area contributed by atoms with Gasteiger partial charge in [0, 0.05) is 38.4 Å². The summed E-state index contributed by atoms with van der Waals surface area (Å²) in [6, 6.07) is 12.2. The highest BCUT2D eigenvalue weighted by Gasteiger charge is 2.21. The zero-order valence-electron chi connectivity index (χ0n) is 16.3. The zero-order valence-corrected chi connectivity index (χ0v) is 16.3. The molecule has 1 fully saturated rings. The number of rotatable bonds is 6. The lowest BCUT2D eigenvalue weighted by Crippen LogP contribution is -2.52. The molecule has 0 saturated carbocycles. The van der Waals surface area contributed by atoms with E-state index in [0.29, 0.717) is 37.6 Å². The number of amides is 2. The van der Waals surface area contributed by atoms with Crippen LogP contribution in [0.5, 0.6) is 11.5 Å². The van der Waals surface area contributed by atoms with Crippen molar-refractivity contribution in [2.75, 3.05) is 51.8 Å². The number of methoxy groups -OCH3 is 2. The summed E-state index contributed by atoms with van der Waals surface area (Å²) < 4.78 is 23.6. The molecule has 2 amide bonds. The van der Waals surface area contributed by atoms with E-state index in [4.69, 9.17) is 9.47 Å². The van der Waals surface area contributed by atoms with E-state index in [2.05, 4.69) is 10.2 Å². The van der Waals surface area contributed by atoms with Gasteiger partial charge < -0.3 is 24.6 Å². The number of urea groups is 1. The van der Waals surface area contributed by atoms with Crippen LogP contribution >= 0.6 is 0 Å². The van der Waals surface area contributed by atoms with Crippen LogP contribution in [0.15, 0.2) is 42.5 Å². The van der Waals surface area contributed by atoms with E-state index >= 15 is 0 Å². The van der Waals surface area contributed by atoms with E-state index in [1.54, 1.807) is 26.4 Å². The fourth-order valence-electron chi connectivity index (χ4n) is 3.28. The van der Waals surface area contributed by atoms with Crippen LogP contribution in [0.25, 0.3) is 0 Å². The molecule has 1 aliphatic rings. The van der Waals surface area contributed by atoms with E-state index in [9.17, 15) is 9.18 Å². The molecule has 1 heterocycles. The maximum absolute atomic E-state index is 13.1. The summed E-state index contributed by atoms with van der Waals surface area (Å²) in [4.78, 5) is 16.4. The summed E-state index contributed by atoms with van der Waals surface area (Å²) in [7, 11) is 3.21. The van der Waals surface area contributed by atoms with Crippen LogP contribution in [-0.2, 0) is 6.42 Å². The average Bonchev–Trinajstić information content (AvgIpc) is 2.74. The Morgan fingerprint density at radius 3 is 2.32 bits per heavy atom. The molecule has 0 radical (unpaired) electrons. The fourth-order valence-corrected chi connectivity index (χ4v) is 3.28. The highest BCUT2D eigenvalue weighted by molar-refractivity contribution is 5.74. The molecule has 1 N–H and O–H groups in total. The minimum absolute atomic E-state index is 0.0563. The third-order valence-electron chi connectivity index (χ3n) is 4.90. The van der Waals surface area contributed by atoms with Crippen LogP contribution in [0.3, 0.4) is 0 Å². The minimum Gasteiger partial charge on any atom is -0.493 e. The van der Waals surface area contributed by atoms with Gasteiger partial charge in [-0.05, 0) is 48.4 Å². The molecule has 150 valence electrons. The maximum atomic E-state index is 13.1. The van der Waals surface area contributed by atoms with Gasteiger partial charge in [-0.1, -0.05) is 6.07 Å². The van der Waals surface area contributed by atoms with Gasteiger partial charge in [-0.15, -0.1) is 0 Å². The van der Waals surface area contributed by atoms with E-state index < -0.39 is 0 Å². The molecule has 1 aliphatic heterocycles. The van der Waals surface area contributed by atoms with Gasteiger partial charge in [0.05, 0.1) is 14.2 Å². The number of halogens is 1. The quantitative estimate of drug-likeness (QED) is 0.828. The molecule has 0 bridgehead atoms. The number of benzene rings is 2. The smallest absolute Gasteiger partial charge is 0.317 e. The summed E-state index contributed by atoms with van der Waals surface area (Å²) >= 11 is 0. The fraction of sp³-hybridized carbons (Fsp3) is 0.381. The molecule has 3 rings (SSSR count). The van der Waals surface area contributed by atoms with Crippen molar-refractivity contribution < 1.29 is 18.7 Å². The molecule has 0 aliphatic carbocycles. The summed E-state index contributed by atoms with van der Waals surface area (Å²) in [6.07, 6.45) is 0.710. The second-order valence-electron chi connectivity index (χ2n) is 6.62. The predicted octanol–water partition coefficient (Wildman–Crippen LogP) is 2.92. The van der Waals surface area contributed by atoms with Gasteiger partial charge in [0.1, 0.15) is 5.82 Å². The molecule has 2 aromatic carbocycles. The van der Waals surface area contributed by atoms with Crippen molar-refractivity contribution in [2.24, 2.45) is 0 Å². The molecule has 0 unspecified atom stereocenters. The lowest BCUT2D eigenvalue weighted by atomic mass is 10.1. The molecule has 7 heteroatoms. The third kappa shape index (κ3) is 4.85. The van der Waals surface area contributed by atoms with Crippen LogP contribution < -0.4 is 19.7 Å². The Morgan fingerprint density at radius 1 is 1.00 bits per heavy atom. The van der Waals surface area contributed by atoms with Crippen molar-refractivity contribution in [2.45, 2.75) is 6.42 Å². The molecule has 2 aromatic rings. The lowest BCUT2D eigenvalue weighted by molar-refractivity contribution is 0.194. The first-order valence-corrected chi connectivity index (χ1v) is 9.35.